The summed E-state index contributed by atoms with van der Waals surface area (Å²) >= 11 is 0. The van der Waals surface area contributed by atoms with E-state index in [2.05, 4.69) is 4.98 Å². The van der Waals surface area contributed by atoms with Crippen molar-refractivity contribution in [2.45, 2.75) is 25.3 Å². The van der Waals surface area contributed by atoms with Gasteiger partial charge in [-0.2, -0.15) is 0 Å². The predicted octanol–water partition coefficient (Wildman–Crippen LogP) is 4.21. The van der Waals surface area contributed by atoms with Crippen molar-refractivity contribution >= 4 is 17.4 Å². The summed E-state index contributed by atoms with van der Waals surface area (Å²) in [6.45, 7) is 0.886. The fraction of sp³-hybridized carbons (Fsp3) is 0.222. The zero-order valence-corrected chi connectivity index (χ0v) is 18.4. The molecule has 172 valence electrons. The molecule has 3 heterocycles. The van der Waals surface area contributed by atoms with Crippen LogP contribution in [0.5, 0.6) is 5.75 Å². The summed E-state index contributed by atoms with van der Waals surface area (Å²) in [6, 6.07) is 14.1. The highest BCUT2D eigenvalue weighted by molar-refractivity contribution is 6.46. The second-order valence-corrected chi connectivity index (χ2v) is 8.42. The quantitative estimate of drug-likeness (QED) is 0.352. The lowest BCUT2D eigenvalue weighted by Crippen LogP contribution is -2.31. The molecule has 7 heteroatoms. The van der Waals surface area contributed by atoms with E-state index in [1.54, 1.807) is 48.8 Å². The monoisotopic (exact) mass is 458 g/mol. The first-order valence-electron chi connectivity index (χ1n) is 11.2. The van der Waals surface area contributed by atoms with Gasteiger partial charge in [0, 0.05) is 24.5 Å². The Labute approximate surface area is 196 Å². The average Bonchev–Trinajstić information content (AvgIpc) is 3.13. The van der Waals surface area contributed by atoms with E-state index in [0.717, 1.165) is 29.7 Å². The molecular weight excluding hydrogens is 435 g/mol. The normalized spacial score (nSPS) is 19.1. The number of halogens is 1. The number of aryl methyl sites for hydroxylation is 1. The van der Waals surface area contributed by atoms with E-state index < -0.39 is 17.7 Å². The van der Waals surface area contributed by atoms with Crippen molar-refractivity contribution in [3.05, 3.63) is 101 Å². The standard InChI is InChI=1S/C27H23FN2O4/c28-21-6-3-17(4-7-21)11-14-30-24(18-9-12-29-13-10-18)23(26(32)27(30)33)25(31)20-5-8-22-19(16-20)2-1-15-34-22/h3-10,12-13,16,24,31H,1-2,11,14-15H2/b25-23-. The number of Topliss-reactive ketones (excluding diaryl/α,β-unsaturated/α-hetero) is 1. The van der Waals surface area contributed by atoms with Crippen LogP contribution in [0, 0.1) is 5.82 Å². The van der Waals surface area contributed by atoms with Crippen molar-refractivity contribution in [1.29, 1.82) is 0 Å². The number of benzene rings is 2. The molecule has 1 atom stereocenters. The molecule has 1 saturated heterocycles. The second kappa shape index (κ2) is 9.09. The summed E-state index contributed by atoms with van der Waals surface area (Å²) < 4.78 is 18.9. The number of aromatic nitrogens is 1. The minimum atomic E-state index is -0.754. The Bertz CT molecular complexity index is 1270. The number of ether oxygens (including phenoxy) is 1. The number of carbonyl (C=O) groups excluding carboxylic acids is 2. The maximum absolute atomic E-state index is 13.3. The molecule has 2 aliphatic heterocycles. The number of hydrogen-bond acceptors (Lipinski definition) is 5. The smallest absolute Gasteiger partial charge is 0.295 e. The van der Waals surface area contributed by atoms with Gasteiger partial charge in [0.15, 0.2) is 0 Å². The molecule has 0 spiro atoms. The first-order valence-corrected chi connectivity index (χ1v) is 11.2. The van der Waals surface area contributed by atoms with E-state index in [4.69, 9.17) is 4.74 Å². The molecule has 1 fully saturated rings. The van der Waals surface area contributed by atoms with Crippen LogP contribution < -0.4 is 4.74 Å². The van der Waals surface area contributed by atoms with Gasteiger partial charge in [-0.3, -0.25) is 14.6 Å². The maximum Gasteiger partial charge on any atom is 0.295 e. The van der Waals surface area contributed by atoms with Gasteiger partial charge in [0.1, 0.15) is 17.3 Å². The third-order valence-electron chi connectivity index (χ3n) is 6.30. The van der Waals surface area contributed by atoms with Crippen LogP contribution in [0.3, 0.4) is 0 Å². The van der Waals surface area contributed by atoms with E-state index >= 15 is 0 Å². The molecule has 1 aromatic heterocycles. The number of hydrogen-bond donors (Lipinski definition) is 1. The molecular formula is C27H23FN2O4. The molecule has 3 aromatic rings. The van der Waals surface area contributed by atoms with Crippen LogP contribution in [0.2, 0.25) is 0 Å². The third-order valence-corrected chi connectivity index (χ3v) is 6.30. The third kappa shape index (κ3) is 4.05. The van der Waals surface area contributed by atoms with Crippen molar-refractivity contribution in [2.75, 3.05) is 13.2 Å². The number of rotatable bonds is 5. The van der Waals surface area contributed by atoms with E-state index in [1.807, 2.05) is 6.07 Å². The van der Waals surface area contributed by atoms with Gasteiger partial charge in [0.2, 0.25) is 0 Å². The molecule has 1 unspecified atom stereocenters. The highest BCUT2D eigenvalue weighted by Crippen LogP contribution is 2.40. The van der Waals surface area contributed by atoms with E-state index in [1.165, 1.54) is 17.0 Å². The number of likely N-dealkylation sites (tertiary alicyclic amines) is 1. The minimum absolute atomic E-state index is 0.0481. The first-order chi connectivity index (χ1) is 16.5. The minimum Gasteiger partial charge on any atom is -0.507 e. The lowest BCUT2D eigenvalue weighted by atomic mass is 9.94. The van der Waals surface area contributed by atoms with Crippen LogP contribution in [0.1, 0.15) is 34.7 Å². The summed E-state index contributed by atoms with van der Waals surface area (Å²) in [6.07, 6.45) is 5.31. The molecule has 0 saturated carbocycles. The lowest BCUT2D eigenvalue weighted by Gasteiger charge is -2.25. The van der Waals surface area contributed by atoms with Gasteiger partial charge >= 0.3 is 0 Å². The van der Waals surface area contributed by atoms with E-state index in [-0.39, 0.29) is 23.7 Å². The molecule has 34 heavy (non-hydrogen) atoms. The first kappa shape index (κ1) is 21.8. The summed E-state index contributed by atoms with van der Waals surface area (Å²) in [5, 5.41) is 11.3. The van der Waals surface area contributed by atoms with Gasteiger partial charge in [0.05, 0.1) is 18.2 Å². The van der Waals surface area contributed by atoms with Gasteiger partial charge in [-0.25, -0.2) is 4.39 Å². The molecule has 0 aliphatic carbocycles. The van der Waals surface area contributed by atoms with Gasteiger partial charge < -0.3 is 14.7 Å². The van der Waals surface area contributed by atoms with Gasteiger partial charge in [-0.05, 0) is 78.4 Å². The Kier molecular flexibility index (Phi) is 5.84. The molecule has 6 nitrogen and oxygen atoms in total. The zero-order valence-electron chi connectivity index (χ0n) is 18.4. The topological polar surface area (TPSA) is 79.7 Å². The van der Waals surface area contributed by atoms with E-state index in [0.29, 0.717) is 24.2 Å². The Morgan fingerprint density at radius 3 is 2.62 bits per heavy atom. The predicted molar refractivity (Wildman–Crippen MR) is 124 cm³/mol. The number of ketones is 1. The Balaban J connectivity index is 1.54. The summed E-state index contributed by atoms with van der Waals surface area (Å²) in [5.74, 6) is -1.18. The zero-order chi connectivity index (χ0) is 23.7. The molecule has 1 amide bonds. The molecule has 2 aromatic carbocycles. The van der Waals surface area contributed by atoms with Crippen molar-refractivity contribution in [2.24, 2.45) is 0 Å². The number of carbonyl (C=O) groups is 2. The highest BCUT2D eigenvalue weighted by atomic mass is 19.1. The van der Waals surface area contributed by atoms with Crippen LogP contribution in [0.15, 0.2) is 72.6 Å². The molecule has 1 N–H and O–H groups in total. The Morgan fingerprint density at radius 1 is 1.09 bits per heavy atom. The highest BCUT2D eigenvalue weighted by Gasteiger charge is 2.45. The number of nitrogens with zero attached hydrogens (tertiary/aromatic N) is 2. The Hall–Kier alpha value is -4.00. The number of amides is 1. The van der Waals surface area contributed by atoms with E-state index in [9.17, 15) is 19.1 Å². The van der Waals surface area contributed by atoms with Crippen molar-refractivity contribution in [1.82, 2.24) is 9.88 Å². The molecule has 0 bridgehead atoms. The van der Waals surface area contributed by atoms with Crippen molar-refractivity contribution in [3.63, 3.8) is 0 Å². The lowest BCUT2D eigenvalue weighted by molar-refractivity contribution is -0.139. The van der Waals surface area contributed by atoms with Crippen LogP contribution >= 0.6 is 0 Å². The van der Waals surface area contributed by atoms with Gasteiger partial charge in [-0.1, -0.05) is 12.1 Å². The SMILES string of the molecule is O=C1C(=O)N(CCc2ccc(F)cc2)C(c2ccncc2)/C1=C(/O)c1ccc2c(c1)CCCO2. The second-order valence-electron chi connectivity index (χ2n) is 8.42. The van der Waals surface area contributed by atoms with Gasteiger partial charge in [0.25, 0.3) is 11.7 Å². The Morgan fingerprint density at radius 2 is 1.85 bits per heavy atom. The van der Waals surface area contributed by atoms with Crippen molar-refractivity contribution in [3.8, 4) is 5.75 Å². The van der Waals surface area contributed by atoms with Crippen LogP contribution in [-0.2, 0) is 22.4 Å². The number of aliphatic hydroxyl groups excluding tert-OH is 1. The number of pyridine rings is 1. The van der Waals surface area contributed by atoms with Crippen LogP contribution in [-0.4, -0.2) is 39.8 Å². The van der Waals surface area contributed by atoms with Crippen molar-refractivity contribution < 1.29 is 23.8 Å². The number of aliphatic hydroxyl groups is 1. The van der Waals surface area contributed by atoms with Gasteiger partial charge in [-0.15, -0.1) is 0 Å². The largest absolute Gasteiger partial charge is 0.507 e. The van der Waals surface area contributed by atoms with Crippen LogP contribution in [0.25, 0.3) is 5.76 Å². The summed E-state index contributed by atoms with van der Waals surface area (Å²) in [4.78, 5) is 31.7. The number of fused-ring (bicyclic) bond motifs is 1. The molecule has 0 radical (unpaired) electrons. The fourth-order valence-corrected chi connectivity index (χ4v) is 4.57. The molecule has 5 rings (SSSR count). The maximum atomic E-state index is 13.3. The average molecular weight is 458 g/mol. The summed E-state index contributed by atoms with van der Waals surface area (Å²) in [5.41, 5.74) is 3.00. The van der Waals surface area contributed by atoms with Crippen LogP contribution in [0.4, 0.5) is 4.39 Å². The fourth-order valence-electron chi connectivity index (χ4n) is 4.57. The summed E-state index contributed by atoms with van der Waals surface area (Å²) in [7, 11) is 0. The molecule has 2 aliphatic rings.